The Morgan fingerprint density at radius 2 is 2.15 bits per heavy atom. The van der Waals surface area contributed by atoms with E-state index in [-0.39, 0.29) is 11.8 Å². The molecule has 0 aromatic heterocycles. The van der Waals surface area contributed by atoms with E-state index in [1.165, 1.54) is 12.1 Å². The molecule has 1 atom stereocenters. The fraction of sp³-hybridized carbons (Fsp3) is 0.143. The lowest BCUT2D eigenvalue weighted by molar-refractivity contribution is 0.338. The lowest BCUT2D eigenvalue weighted by atomic mass is 10.1. The van der Waals surface area contributed by atoms with Gasteiger partial charge in [0, 0.05) is 16.1 Å². The highest BCUT2D eigenvalue weighted by atomic mass is 79.9. The van der Waals surface area contributed by atoms with Crippen LogP contribution in [0.1, 0.15) is 11.6 Å². The number of phenolic OH excluding ortho intramolecular Hbond substituents is 1. The van der Waals surface area contributed by atoms with E-state index in [9.17, 15) is 9.50 Å². The zero-order chi connectivity index (χ0) is 14.3. The standard InChI is InChI=1S/C14H10BrClFNO2/c15-10-3-7(17)4-11(16)14(10)18-12-6-20-13-5-8(19)1-2-9(12)13/h1-5,12,18-19H,6H2. The molecule has 3 nitrogen and oxygen atoms in total. The van der Waals surface area contributed by atoms with Crippen molar-refractivity contribution in [3.63, 3.8) is 0 Å². The molecule has 0 saturated carbocycles. The number of rotatable bonds is 2. The smallest absolute Gasteiger partial charge is 0.128 e. The summed E-state index contributed by atoms with van der Waals surface area (Å²) >= 11 is 9.34. The minimum Gasteiger partial charge on any atom is -0.508 e. The van der Waals surface area contributed by atoms with Crippen molar-refractivity contribution in [2.45, 2.75) is 6.04 Å². The predicted octanol–water partition coefficient (Wildman–Crippen LogP) is 4.49. The van der Waals surface area contributed by atoms with Gasteiger partial charge in [-0.05, 0) is 40.2 Å². The molecule has 0 fully saturated rings. The second-order valence-corrected chi connectivity index (χ2v) is 5.74. The van der Waals surface area contributed by atoms with E-state index in [0.29, 0.717) is 27.5 Å². The lowest BCUT2D eigenvalue weighted by Gasteiger charge is -2.16. The van der Waals surface area contributed by atoms with E-state index in [4.69, 9.17) is 16.3 Å². The molecule has 0 saturated heterocycles. The highest BCUT2D eigenvalue weighted by Crippen LogP contribution is 2.40. The third-order valence-electron chi connectivity index (χ3n) is 3.10. The average molecular weight is 359 g/mol. The maximum Gasteiger partial charge on any atom is 0.128 e. The highest BCUT2D eigenvalue weighted by molar-refractivity contribution is 9.10. The Hall–Kier alpha value is -1.46. The van der Waals surface area contributed by atoms with Crippen molar-refractivity contribution in [1.29, 1.82) is 0 Å². The monoisotopic (exact) mass is 357 g/mol. The summed E-state index contributed by atoms with van der Waals surface area (Å²) in [5.74, 6) is 0.391. The number of hydrogen-bond donors (Lipinski definition) is 2. The molecular formula is C14H10BrClFNO2. The van der Waals surface area contributed by atoms with Crippen molar-refractivity contribution >= 4 is 33.2 Å². The van der Waals surface area contributed by atoms with Crippen LogP contribution in [0.3, 0.4) is 0 Å². The lowest BCUT2D eigenvalue weighted by Crippen LogP contribution is -2.12. The summed E-state index contributed by atoms with van der Waals surface area (Å²) in [6.07, 6.45) is 0. The van der Waals surface area contributed by atoms with Crippen LogP contribution in [0.4, 0.5) is 10.1 Å². The normalized spacial score (nSPS) is 16.6. The van der Waals surface area contributed by atoms with Crippen LogP contribution >= 0.6 is 27.5 Å². The molecule has 0 amide bonds. The first-order chi connectivity index (χ1) is 9.54. The molecule has 1 aliphatic rings. The van der Waals surface area contributed by atoms with E-state index in [2.05, 4.69) is 21.2 Å². The zero-order valence-electron chi connectivity index (χ0n) is 10.2. The van der Waals surface area contributed by atoms with Gasteiger partial charge in [-0.15, -0.1) is 0 Å². The Morgan fingerprint density at radius 1 is 1.35 bits per heavy atom. The largest absolute Gasteiger partial charge is 0.508 e. The van der Waals surface area contributed by atoms with Gasteiger partial charge in [0.05, 0.1) is 16.8 Å². The molecule has 0 bridgehead atoms. The molecule has 1 aliphatic heterocycles. The van der Waals surface area contributed by atoms with Crippen LogP contribution in [0.2, 0.25) is 5.02 Å². The fourth-order valence-corrected chi connectivity index (χ4v) is 3.09. The fourth-order valence-electron chi connectivity index (χ4n) is 2.17. The van der Waals surface area contributed by atoms with Gasteiger partial charge >= 0.3 is 0 Å². The van der Waals surface area contributed by atoms with Gasteiger partial charge in [0.2, 0.25) is 0 Å². The van der Waals surface area contributed by atoms with Crippen LogP contribution < -0.4 is 10.1 Å². The Balaban J connectivity index is 1.91. The van der Waals surface area contributed by atoms with Crippen LogP contribution in [0.15, 0.2) is 34.8 Å². The topological polar surface area (TPSA) is 41.5 Å². The number of aromatic hydroxyl groups is 1. The quantitative estimate of drug-likeness (QED) is 0.831. The number of fused-ring (bicyclic) bond motifs is 1. The van der Waals surface area contributed by atoms with Gasteiger partial charge in [-0.3, -0.25) is 0 Å². The van der Waals surface area contributed by atoms with Crippen molar-refractivity contribution in [1.82, 2.24) is 0 Å². The summed E-state index contributed by atoms with van der Waals surface area (Å²) in [6.45, 7) is 0.416. The third-order valence-corrected chi connectivity index (χ3v) is 4.03. The minimum absolute atomic E-state index is 0.107. The first kappa shape index (κ1) is 13.5. The number of anilines is 1. The Kier molecular flexibility index (Phi) is 3.48. The number of phenols is 1. The van der Waals surface area contributed by atoms with E-state index in [1.54, 1.807) is 18.2 Å². The zero-order valence-corrected chi connectivity index (χ0v) is 12.5. The van der Waals surface area contributed by atoms with Gasteiger partial charge < -0.3 is 15.2 Å². The highest BCUT2D eigenvalue weighted by Gasteiger charge is 2.25. The molecule has 0 aliphatic carbocycles. The molecule has 2 N–H and O–H groups in total. The molecule has 2 aromatic rings. The van der Waals surface area contributed by atoms with E-state index < -0.39 is 5.82 Å². The maximum absolute atomic E-state index is 13.2. The second kappa shape index (κ2) is 5.14. The number of halogens is 3. The van der Waals surface area contributed by atoms with Gasteiger partial charge in [0.25, 0.3) is 0 Å². The first-order valence-corrected chi connectivity index (χ1v) is 7.08. The average Bonchev–Trinajstić information content (AvgIpc) is 2.76. The number of nitrogens with one attached hydrogen (secondary N) is 1. The summed E-state index contributed by atoms with van der Waals surface area (Å²) < 4.78 is 19.3. The van der Waals surface area contributed by atoms with Gasteiger partial charge in [-0.1, -0.05) is 11.6 Å². The van der Waals surface area contributed by atoms with Crippen LogP contribution in [-0.4, -0.2) is 11.7 Å². The number of hydrogen-bond acceptors (Lipinski definition) is 3. The summed E-state index contributed by atoms with van der Waals surface area (Å²) in [6, 6.07) is 7.46. The van der Waals surface area contributed by atoms with Gasteiger partial charge in [0.1, 0.15) is 23.9 Å². The molecular weight excluding hydrogens is 349 g/mol. The summed E-state index contributed by atoms with van der Waals surface area (Å²) in [7, 11) is 0. The Bertz CT molecular complexity index is 657. The number of benzene rings is 2. The molecule has 104 valence electrons. The van der Waals surface area contributed by atoms with Crippen molar-refractivity contribution < 1.29 is 14.2 Å². The van der Waals surface area contributed by atoms with Gasteiger partial charge in [0.15, 0.2) is 0 Å². The van der Waals surface area contributed by atoms with Crippen LogP contribution in [0.25, 0.3) is 0 Å². The molecule has 1 unspecified atom stereocenters. The van der Waals surface area contributed by atoms with Gasteiger partial charge in [-0.2, -0.15) is 0 Å². The molecule has 0 radical (unpaired) electrons. The maximum atomic E-state index is 13.2. The third kappa shape index (κ3) is 2.43. The molecule has 0 spiro atoms. The van der Waals surface area contributed by atoms with Crippen molar-refractivity contribution in [2.75, 3.05) is 11.9 Å². The number of ether oxygens (including phenoxy) is 1. The van der Waals surface area contributed by atoms with E-state index in [0.717, 1.165) is 5.56 Å². The predicted molar refractivity (Wildman–Crippen MR) is 79.1 cm³/mol. The molecule has 20 heavy (non-hydrogen) atoms. The van der Waals surface area contributed by atoms with Crippen molar-refractivity contribution in [3.05, 3.63) is 51.2 Å². The first-order valence-electron chi connectivity index (χ1n) is 5.91. The van der Waals surface area contributed by atoms with E-state index >= 15 is 0 Å². The molecule has 6 heteroatoms. The Morgan fingerprint density at radius 3 is 2.90 bits per heavy atom. The van der Waals surface area contributed by atoms with Crippen LogP contribution in [-0.2, 0) is 0 Å². The second-order valence-electron chi connectivity index (χ2n) is 4.47. The van der Waals surface area contributed by atoms with E-state index in [1.807, 2.05) is 0 Å². The van der Waals surface area contributed by atoms with Crippen LogP contribution in [0.5, 0.6) is 11.5 Å². The SMILES string of the molecule is Oc1ccc2c(c1)OCC2Nc1c(Cl)cc(F)cc1Br. The summed E-state index contributed by atoms with van der Waals surface area (Å²) in [5, 5.41) is 12.9. The summed E-state index contributed by atoms with van der Waals surface area (Å²) in [5.41, 5.74) is 1.54. The molecule has 3 rings (SSSR count). The van der Waals surface area contributed by atoms with Crippen molar-refractivity contribution in [2.24, 2.45) is 0 Å². The Labute approximate surface area is 128 Å². The van der Waals surface area contributed by atoms with Crippen LogP contribution in [0, 0.1) is 5.82 Å². The minimum atomic E-state index is -0.402. The molecule has 1 heterocycles. The summed E-state index contributed by atoms with van der Waals surface area (Å²) in [4.78, 5) is 0. The van der Waals surface area contributed by atoms with Gasteiger partial charge in [-0.25, -0.2) is 4.39 Å². The molecule has 2 aromatic carbocycles. The van der Waals surface area contributed by atoms with Crippen molar-refractivity contribution in [3.8, 4) is 11.5 Å².